The first-order valence-corrected chi connectivity index (χ1v) is 8.77. The number of rotatable bonds is 3. The molecule has 0 unspecified atom stereocenters. The lowest BCUT2D eigenvalue weighted by Crippen LogP contribution is -2.05. The summed E-state index contributed by atoms with van der Waals surface area (Å²) in [6.45, 7) is 0. The van der Waals surface area contributed by atoms with Gasteiger partial charge in [0.2, 0.25) is 5.82 Å². The van der Waals surface area contributed by atoms with Crippen LogP contribution in [0.5, 0.6) is 11.5 Å². The number of fused-ring (bicyclic) bond motifs is 2. The Morgan fingerprint density at radius 3 is 2.88 bits per heavy atom. The van der Waals surface area contributed by atoms with Crippen molar-refractivity contribution in [2.75, 3.05) is 5.73 Å². The Morgan fingerprint density at radius 1 is 1.08 bits per heavy atom. The predicted molar refractivity (Wildman–Crippen MR) is 98.3 cm³/mol. The minimum atomic E-state index is 0.465. The molecule has 0 radical (unpaired) electrons. The smallest absolute Gasteiger partial charge is 0.217 e. The second-order valence-electron chi connectivity index (χ2n) is 6.50. The maximum absolute atomic E-state index is 6.18. The largest absolute Gasteiger partial charge is 0.461 e. The third-order valence-corrected chi connectivity index (χ3v) is 4.76. The number of benzene rings is 1. The van der Waals surface area contributed by atoms with Gasteiger partial charge >= 0.3 is 0 Å². The highest BCUT2D eigenvalue weighted by atomic mass is 16.5. The van der Waals surface area contributed by atoms with Crippen LogP contribution in [0, 0.1) is 0 Å². The molecule has 3 aromatic heterocycles. The molecule has 0 saturated carbocycles. The highest BCUT2D eigenvalue weighted by Gasteiger charge is 2.16. The number of hydrogen-bond donors (Lipinski definition) is 1. The van der Waals surface area contributed by atoms with Crippen LogP contribution < -0.4 is 10.5 Å². The van der Waals surface area contributed by atoms with Gasteiger partial charge in [-0.2, -0.15) is 4.52 Å². The van der Waals surface area contributed by atoms with Crippen molar-refractivity contribution >= 4 is 11.5 Å². The Bertz CT molecular complexity index is 1080. The van der Waals surface area contributed by atoms with E-state index in [0.29, 0.717) is 28.8 Å². The summed E-state index contributed by atoms with van der Waals surface area (Å²) >= 11 is 0. The molecule has 0 atom stereocenters. The number of ether oxygens (including phenoxy) is 1. The first kappa shape index (κ1) is 15.0. The zero-order valence-electron chi connectivity index (χ0n) is 14.2. The molecule has 0 amide bonds. The summed E-state index contributed by atoms with van der Waals surface area (Å²) in [5, 5.41) is 4.40. The van der Waals surface area contributed by atoms with Crippen LogP contribution in [-0.2, 0) is 12.8 Å². The zero-order chi connectivity index (χ0) is 17.5. The average molecular weight is 346 g/mol. The molecule has 0 aliphatic heterocycles. The zero-order valence-corrected chi connectivity index (χ0v) is 14.2. The molecular weight excluding hydrogens is 328 g/mol. The van der Waals surface area contributed by atoms with Gasteiger partial charge in [-0.15, -0.1) is 5.10 Å². The summed E-state index contributed by atoms with van der Waals surface area (Å²) in [4.78, 5) is 4.50. The fraction of sp³-hybridized carbons (Fsp3) is 0.200. The monoisotopic (exact) mass is 346 g/mol. The molecule has 0 spiro atoms. The highest BCUT2D eigenvalue weighted by molar-refractivity contribution is 5.59. The second-order valence-corrected chi connectivity index (χ2v) is 6.50. The molecule has 3 heterocycles. The van der Waals surface area contributed by atoms with Crippen molar-refractivity contribution in [3.8, 4) is 23.1 Å². The fourth-order valence-corrected chi connectivity index (χ4v) is 3.52. The molecule has 130 valence electrons. The number of aromatic nitrogens is 3. The van der Waals surface area contributed by atoms with E-state index in [9.17, 15) is 0 Å². The molecule has 1 aliphatic rings. The molecule has 26 heavy (non-hydrogen) atoms. The van der Waals surface area contributed by atoms with Crippen LogP contribution in [0.3, 0.4) is 0 Å². The molecule has 4 aromatic rings. The highest BCUT2D eigenvalue weighted by Crippen LogP contribution is 2.33. The number of nitrogens with two attached hydrogens (primary N) is 1. The van der Waals surface area contributed by atoms with Crippen LogP contribution in [-0.4, -0.2) is 14.6 Å². The van der Waals surface area contributed by atoms with Crippen molar-refractivity contribution in [3.63, 3.8) is 0 Å². The Hall–Kier alpha value is -3.28. The van der Waals surface area contributed by atoms with E-state index < -0.39 is 0 Å². The SMILES string of the molecule is Nc1cc(Oc2cccc3c2CCCC3)cc2nc(-c3ccco3)nn12. The van der Waals surface area contributed by atoms with E-state index in [1.807, 2.05) is 24.3 Å². The van der Waals surface area contributed by atoms with Gasteiger partial charge < -0.3 is 14.9 Å². The normalized spacial score (nSPS) is 13.7. The lowest BCUT2D eigenvalue weighted by Gasteiger charge is -2.19. The van der Waals surface area contributed by atoms with E-state index in [-0.39, 0.29) is 0 Å². The van der Waals surface area contributed by atoms with E-state index in [1.54, 1.807) is 22.9 Å². The van der Waals surface area contributed by atoms with Gasteiger partial charge in [-0.3, -0.25) is 0 Å². The average Bonchev–Trinajstić information content (AvgIpc) is 3.32. The van der Waals surface area contributed by atoms with Crippen LogP contribution in [0.15, 0.2) is 53.1 Å². The summed E-state index contributed by atoms with van der Waals surface area (Å²) in [5.41, 5.74) is 9.47. The van der Waals surface area contributed by atoms with Crippen LogP contribution in [0.1, 0.15) is 24.0 Å². The minimum Gasteiger partial charge on any atom is -0.461 e. The summed E-state index contributed by atoms with van der Waals surface area (Å²) in [5.74, 6) is 3.13. The quantitative estimate of drug-likeness (QED) is 0.600. The summed E-state index contributed by atoms with van der Waals surface area (Å²) in [6.07, 6.45) is 6.20. The fourth-order valence-electron chi connectivity index (χ4n) is 3.52. The predicted octanol–water partition coefficient (Wildman–Crippen LogP) is 4.24. The van der Waals surface area contributed by atoms with Gasteiger partial charge in [0, 0.05) is 12.1 Å². The van der Waals surface area contributed by atoms with Gasteiger partial charge in [0.15, 0.2) is 11.4 Å². The molecule has 1 aromatic carbocycles. The molecule has 6 heteroatoms. The summed E-state index contributed by atoms with van der Waals surface area (Å²) in [6, 6.07) is 13.5. The van der Waals surface area contributed by atoms with Gasteiger partial charge in [-0.25, -0.2) is 4.98 Å². The van der Waals surface area contributed by atoms with Crippen molar-refractivity contribution in [2.45, 2.75) is 25.7 Å². The lowest BCUT2D eigenvalue weighted by atomic mass is 9.91. The molecule has 5 rings (SSSR count). The molecule has 1 aliphatic carbocycles. The number of nitrogens with zero attached hydrogens (tertiary/aromatic N) is 3. The number of pyridine rings is 1. The van der Waals surface area contributed by atoms with Gasteiger partial charge in [-0.05, 0) is 55.0 Å². The molecule has 0 fully saturated rings. The lowest BCUT2D eigenvalue weighted by molar-refractivity contribution is 0.470. The molecule has 0 saturated heterocycles. The van der Waals surface area contributed by atoms with E-state index >= 15 is 0 Å². The van der Waals surface area contributed by atoms with Gasteiger partial charge in [-0.1, -0.05) is 12.1 Å². The maximum atomic E-state index is 6.18. The van der Waals surface area contributed by atoms with Crippen LogP contribution in [0.4, 0.5) is 5.82 Å². The molecular formula is C20H18N4O2. The van der Waals surface area contributed by atoms with Crippen molar-refractivity contribution < 1.29 is 9.15 Å². The number of aryl methyl sites for hydroxylation is 1. The summed E-state index contributed by atoms with van der Waals surface area (Å²) in [7, 11) is 0. The van der Waals surface area contributed by atoms with Crippen molar-refractivity contribution in [1.29, 1.82) is 0 Å². The Morgan fingerprint density at radius 2 is 2.00 bits per heavy atom. The Kier molecular flexibility index (Phi) is 3.41. The van der Waals surface area contributed by atoms with Crippen LogP contribution in [0.25, 0.3) is 17.2 Å². The van der Waals surface area contributed by atoms with E-state index in [4.69, 9.17) is 14.9 Å². The van der Waals surface area contributed by atoms with Crippen molar-refractivity contribution in [1.82, 2.24) is 14.6 Å². The van der Waals surface area contributed by atoms with Crippen molar-refractivity contribution in [3.05, 3.63) is 59.9 Å². The topological polar surface area (TPSA) is 78.6 Å². The molecule has 0 bridgehead atoms. The van der Waals surface area contributed by atoms with E-state index in [1.165, 1.54) is 24.0 Å². The minimum absolute atomic E-state index is 0.465. The Labute approximate surface area is 150 Å². The molecule has 2 N–H and O–H groups in total. The van der Waals surface area contributed by atoms with Crippen molar-refractivity contribution in [2.24, 2.45) is 0 Å². The van der Waals surface area contributed by atoms with E-state index in [0.717, 1.165) is 18.6 Å². The number of furan rings is 1. The maximum Gasteiger partial charge on any atom is 0.217 e. The molecule has 6 nitrogen and oxygen atoms in total. The van der Waals surface area contributed by atoms with Gasteiger partial charge in [0.1, 0.15) is 17.3 Å². The van der Waals surface area contributed by atoms with Gasteiger partial charge in [0.05, 0.1) is 6.26 Å². The number of hydrogen-bond acceptors (Lipinski definition) is 5. The third-order valence-electron chi connectivity index (χ3n) is 4.76. The standard InChI is InChI=1S/C20H18N4O2/c21-18-11-14(26-16-8-3-6-13-5-1-2-7-15(13)16)12-19-22-20(23-24(18)19)17-9-4-10-25-17/h3-4,6,8-12H,1-2,5,7,21H2. The van der Waals surface area contributed by atoms with Crippen LogP contribution in [0.2, 0.25) is 0 Å². The first-order chi connectivity index (χ1) is 12.8. The first-order valence-electron chi connectivity index (χ1n) is 8.77. The van der Waals surface area contributed by atoms with E-state index in [2.05, 4.69) is 16.1 Å². The van der Waals surface area contributed by atoms with Gasteiger partial charge in [0.25, 0.3) is 0 Å². The van der Waals surface area contributed by atoms with Crippen LogP contribution >= 0.6 is 0 Å². The number of anilines is 1. The summed E-state index contributed by atoms with van der Waals surface area (Å²) < 4.78 is 13.1. The third kappa shape index (κ3) is 2.50. The second kappa shape index (κ2) is 5.91. The number of nitrogen functional groups attached to an aromatic ring is 1. The Balaban J connectivity index is 1.54.